The first-order valence-electron chi connectivity index (χ1n) is 7.23. The summed E-state index contributed by atoms with van der Waals surface area (Å²) in [5.74, 6) is 0.763. The molecule has 0 saturated carbocycles. The van der Waals surface area contributed by atoms with Crippen molar-refractivity contribution in [3.8, 4) is 5.75 Å². The summed E-state index contributed by atoms with van der Waals surface area (Å²) in [6.07, 6.45) is 1.61. The summed E-state index contributed by atoms with van der Waals surface area (Å²) in [4.78, 5) is 12.9. The van der Waals surface area contributed by atoms with E-state index in [4.69, 9.17) is 4.74 Å². The second-order valence-corrected chi connectivity index (χ2v) is 5.26. The number of nitrogens with zero attached hydrogens (tertiary/aromatic N) is 4. The highest BCUT2D eigenvalue weighted by molar-refractivity contribution is 5.80. The molecule has 0 atom stereocenters. The number of fused-ring (bicyclic) bond motifs is 3. The van der Waals surface area contributed by atoms with E-state index in [0.29, 0.717) is 17.6 Å². The van der Waals surface area contributed by atoms with Crippen molar-refractivity contribution in [3.63, 3.8) is 0 Å². The van der Waals surface area contributed by atoms with Crippen molar-refractivity contribution in [1.82, 2.24) is 19.4 Å². The summed E-state index contributed by atoms with van der Waals surface area (Å²) in [5, 5.41) is 8.68. The number of hydrogen-bond donors (Lipinski definition) is 0. The molecule has 2 heterocycles. The average molecular weight is 306 g/mol. The van der Waals surface area contributed by atoms with Crippen LogP contribution >= 0.6 is 0 Å². The predicted molar refractivity (Wildman–Crippen MR) is 86.8 cm³/mol. The molecule has 0 aliphatic heterocycles. The average Bonchev–Trinajstić information content (AvgIpc) is 3.08. The summed E-state index contributed by atoms with van der Waals surface area (Å²) >= 11 is 0. The number of methoxy groups -OCH3 is 1. The molecule has 2 aromatic carbocycles. The Labute approximate surface area is 131 Å². The Morgan fingerprint density at radius 3 is 2.87 bits per heavy atom. The fourth-order valence-electron chi connectivity index (χ4n) is 2.78. The zero-order valence-electron chi connectivity index (χ0n) is 12.5. The van der Waals surface area contributed by atoms with Crippen molar-refractivity contribution < 1.29 is 4.74 Å². The lowest BCUT2D eigenvalue weighted by molar-refractivity contribution is 0.414. The molecule has 2 aromatic heterocycles. The van der Waals surface area contributed by atoms with Crippen molar-refractivity contribution in [2.75, 3.05) is 7.11 Å². The third-order valence-electron chi connectivity index (χ3n) is 3.89. The topological polar surface area (TPSA) is 61.4 Å². The Morgan fingerprint density at radius 2 is 2.00 bits per heavy atom. The normalized spacial score (nSPS) is 11.2. The lowest BCUT2D eigenvalue weighted by Crippen LogP contribution is -2.23. The van der Waals surface area contributed by atoms with Crippen molar-refractivity contribution in [2.45, 2.75) is 6.54 Å². The largest absolute Gasteiger partial charge is 0.497 e. The molecule has 0 bridgehead atoms. The molecule has 0 amide bonds. The zero-order valence-corrected chi connectivity index (χ0v) is 12.5. The molecule has 0 aliphatic rings. The van der Waals surface area contributed by atoms with Crippen molar-refractivity contribution in [2.24, 2.45) is 0 Å². The number of benzene rings is 2. The van der Waals surface area contributed by atoms with E-state index >= 15 is 0 Å². The van der Waals surface area contributed by atoms with Crippen LogP contribution in [0.1, 0.15) is 5.56 Å². The number of hydrogen-bond acceptors (Lipinski definition) is 4. The number of ether oxygens (including phenoxy) is 1. The summed E-state index contributed by atoms with van der Waals surface area (Å²) in [6, 6.07) is 15.1. The molecule has 0 unspecified atom stereocenters. The van der Waals surface area contributed by atoms with E-state index in [1.54, 1.807) is 28.5 Å². The van der Waals surface area contributed by atoms with Crippen LogP contribution in [-0.4, -0.2) is 26.5 Å². The van der Waals surface area contributed by atoms with E-state index in [1.807, 2.05) is 42.5 Å². The molecule has 4 rings (SSSR count). The van der Waals surface area contributed by atoms with Crippen molar-refractivity contribution in [3.05, 3.63) is 70.6 Å². The Morgan fingerprint density at radius 1 is 1.13 bits per heavy atom. The molecule has 6 heteroatoms. The summed E-state index contributed by atoms with van der Waals surface area (Å²) in [6.45, 7) is 0.428. The lowest BCUT2D eigenvalue weighted by Gasteiger charge is -2.11. The molecule has 4 aromatic rings. The fraction of sp³-hybridized carbons (Fsp3) is 0.118. The van der Waals surface area contributed by atoms with Crippen molar-refractivity contribution in [1.29, 1.82) is 0 Å². The van der Waals surface area contributed by atoms with E-state index in [1.165, 1.54) is 0 Å². The van der Waals surface area contributed by atoms with Crippen molar-refractivity contribution >= 4 is 16.6 Å². The van der Waals surface area contributed by atoms with Gasteiger partial charge < -0.3 is 4.74 Å². The van der Waals surface area contributed by atoms with Crippen LogP contribution < -0.4 is 10.3 Å². The standard InChI is InChI=1S/C17H14N4O2/c1-23-13-6-4-5-12(9-13)11-20-16-10-18-19-21(16)15-8-3-2-7-14(15)17(20)22/h2-10H,11H2,1H3. The monoisotopic (exact) mass is 306 g/mol. The van der Waals surface area contributed by atoms with Gasteiger partial charge in [0.2, 0.25) is 0 Å². The van der Waals surface area contributed by atoms with Crippen LogP contribution in [0.3, 0.4) is 0 Å². The minimum Gasteiger partial charge on any atom is -0.497 e. The number of aromatic nitrogens is 4. The third-order valence-corrected chi connectivity index (χ3v) is 3.89. The molecule has 6 nitrogen and oxygen atoms in total. The minimum atomic E-state index is -0.0572. The predicted octanol–water partition coefficient (Wildman–Crippen LogP) is 2.10. The Hall–Kier alpha value is -3.15. The maximum absolute atomic E-state index is 12.9. The first kappa shape index (κ1) is 13.5. The van der Waals surface area contributed by atoms with Gasteiger partial charge in [-0.05, 0) is 29.8 Å². The second-order valence-electron chi connectivity index (χ2n) is 5.26. The fourth-order valence-corrected chi connectivity index (χ4v) is 2.78. The van der Waals surface area contributed by atoms with Gasteiger partial charge in [0.25, 0.3) is 5.56 Å². The van der Waals surface area contributed by atoms with E-state index in [9.17, 15) is 4.79 Å². The molecule has 0 N–H and O–H groups in total. The van der Waals surface area contributed by atoms with Gasteiger partial charge >= 0.3 is 0 Å². The first-order valence-corrected chi connectivity index (χ1v) is 7.23. The van der Waals surface area contributed by atoms with Gasteiger partial charge in [-0.25, -0.2) is 0 Å². The van der Waals surface area contributed by atoms with E-state index < -0.39 is 0 Å². The second kappa shape index (κ2) is 5.24. The number of rotatable bonds is 3. The van der Waals surface area contributed by atoms with Crippen LogP contribution in [-0.2, 0) is 6.54 Å². The van der Waals surface area contributed by atoms with Crippen LogP contribution in [0.15, 0.2) is 59.5 Å². The van der Waals surface area contributed by atoms with Gasteiger partial charge in [0, 0.05) is 0 Å². The van der Waals surface area contributed by atoms with Gasteiger partial charge in [-0.2, -0.15) is 4.52 Å². The van der Waals surface area contributed by atoms with Crippen LogP contribution in [0, 0.1) is 0 Å². The quantitative estimate of drug-likeness (QED) is 0.581. The highest BCUT2D eigenvalue weighted by atomic mass is 16.5. The van der Waals surface area contributed by atoms with Crippen LogP contribution in [0.2, 0.25) is 0 Å². The van der Waals surface area contributed by atoms with E-state index in [-0.39, 0.29) is 5.56 Å². The van der Waals surface area contributed by atoms with E-state index in [2.05, 4.69) is 10.3 Å². The Balaban J connectivity index is 1.96. The molecule has 114 valence electrons. The van der Waals surface area contributed by atoms with Gasteiger partial charge in [-0.15, -0.1) is 5.10 Å². The lowest BCUT2D eigenvalue weighted by atomic mass is 10.2. The Kier molecular flexibility index (Phi) is 3.08. The molecule has 0 saturated heterocycles. The molecule has 0 radical (unpaired) electrons. The smallest absolute Gasteiger partial charge is 0.261 e. The third kappa shape index (κ3) is 2.15. The van der Waals surface area contributed by atoms with Gasteiger partial charge in [-0.1, -0.05) is 29.5 Å². The molecular weight excluding hydrogens is 292 g/mol. The summed E-state index contributed by atoms with van der Waals surface area (Å²) < 4.78 is 8.62. The number of para-hydroxylation sites is 1. The van der Waals surface area contributed by atoms with Crippen LogP contribution in [0.5, 0.6) is 5.75 Å². The maximum Gasteiger partial charge on any atom is 0.261 e. The van der Waals surface area contributed by atoms with Gasteiger partial charge in [-0.3, -0.25) is 9.36 Å². The highest BCUT2D eigenvalue weighted by Crippen LogP contribution is 2.16. The molecular formula is C17H14N4O2. The van der Waals surface area contributed by atoms with Gasteiger partial charge in [0.05, 0.1) is 30.8 Å². The molecule has 0 fully saturated rings. The highest BCUT2D eigenvalue weighted by Gasteiger charge is 2.12. The van der Waals surface area contributed by atoms with Gasteiger partial charge in [0.1, 0.15) is 5.75 Å². The summed E-state index contributed by atoms with van der Waals surface area (Å²) in [5.41, 5.74) is 2.34. The van der Waals surface area contributed by atoms with E-state index in [0.717, 1.165) is 16.8 Å². The summed E-state index contributed by atoms with van der Waals surface area (Å²) in [7, 11) is 1.63. The molecule has 0 spiro atoms. The zero-order chi connectivity index (χ0) is 15.8. The molecule has 23 heavy (non-hydrogen) atoms. The first-order chi connectivity index (χ1) is 11.3. The van der Waals surface area contributed by atoms with Crippen LogP contribution in [0.4, 0.5) is 0 Å². The SMILES string of the molecule is COc1cccc(Cn2c(=O)c3ccccc3n3nncc23)c1. The van der Waals surface area contributed by atoms with Gasteiger partial charge in [0.15, 0.2) is 5.65 Å². The van der Waals surface area contributed by atoms with Crippen LogP contribution in [0.25, 0.3) is 16.6 Å². The maximum atomic E-state index is 12.9. The minimum absolute atomic E-state index is 0.0572. The Bertz CT molecular complexity index is 1070. The molecule has 0 aliphatic carbocycles.